The van der Waals surface area contributed by atoms with Crippen molar-refractivity contribution in [3.63, 3.8) is 0 Å². The minimum atomic E-state index is -0.427. The Morgan fingerprint density at radius 1 is 0.917 bits per heavy atom. The molecule has 4 rings (SSSR count). The van der Waals surface area contributed by atoms with Gasteiger partial charge < -0.3 is 25.7 Å². The summed E-state index contributed by atoms with van der Waals surface area (Å²) in [7, 11) is 0. The van der Waals surface area contributed by atoms with Crippen LogP contribution in [0.25, 0.3) is 10.9 Å². The van der Waals surface area contributed by atoms with E-state index in [0.717, 1.165) is 41.6 Å². The lowest BCUT2D eigenvalue weighted by Crippen LogP contribution is -2.30. The van der Waals surface area contributed by atoms with Gasteiger partial charge in [0.2, 0.25) is 0 Å². The molecule has 1 heterocycles. The van der Waals surface area contributed by atoms with E-state index in [-0.39, 0.29) is 6.61 Å². The first-order valence-electron chi connectivity index (χ1n) is 11.9. The Morgan fingerprint density at radius 2 is 1.72 bits per heavy atom. The zero-order chi connectivity index (χ0) is 25.2. The smallest absolute Gasteiger partial charge is 0.407 e. The zero-order valence-corrected chi connectivity index (χ0v) is 21.4. The van der Waals surface area contributed by atoms with Gasteiger partial charge in [0.05, 0.1) is 0 Å². The lowest BCUT2D eigenvalue weighted by Gasteiger charge is -2.15. The Balaban J connectivity index is 1.21. The van der Waals surface area contributed by atoms with Crippen LogP contribution in [0.2, 0.25) is 5.02 Å². The van der Waals surface area contributed by atoms with Gasteiger partial charge in [-0.3, -0.25) is 0 Å². The number of aromatic amines is 1. The van der Waals surface area contributed by atoms with Crippen LogP contribution in [0.5, 0.6) is 0 Å². The first-order chi connectivity index (χ1) is 17.6. The number of carbonyl (C=O) groups is 1. The summed E-state index contributed by atoms with van der Waals surface area (Å²) in [6, 6.07) is 23.5. The van der Waals surface area contributed by atoms with Crippen molar-refractivity contribution < 1.29 is 9.53 Å². The van der Waals surface area contributed by atoms with E-state index in [0.29, 0.717) is 23.2 Å². The number of hydrogen-bond donors (Lipinski definition) is 4. The topological polar surface area (TPSA) is 78.2 Å². The van der Waals surface area contributed by atoms with Gasteiger partial charge in [-0.1, -0.05) is 60.1 Å². The number of H-pyrrole nitrogens is 1. The number of aryl methyl sites for hydroxylation is 1. The molecule has 186 valence electrons. The van der Waals surface area contributed by atoms with Crippen LogP contribution in [-0.4, -0.2) is 29.3 Å². The number of amides is 1. The van der Waals surface area contributed by atoms with Crippen LogP contribution in [0.3, 0.4) is 0 Å². The molecule has 36 heavy (non-hydrogen) atoms. The number of ether oxygens (including phenoxy) is 1. The number of carbonyl (C=O) groups excluding carboxylic acids is 1. The second-order valence-electron chi connectivity index (χ2n) is 8.38. The molecule has 0 saturated heterocycles. The van der Waals surface area contributed by atoms with Crippen molar-refractivity contribution in [3.8, 4) is 0 Å². The molecule has 0 aliphatic heterocycles. The van der Waals surface area contributed by atoms with E-state index in [1.54, 1.807) is 0 Å². The van der Waals surface area contributed by atoms with Gasteiger partial charge in [0.25, 0.3) is 0 Å². The van der Waals surface area contributed by atoms with E-state index < -0.39 is 6.09 Å². The Kier molecular flexibility index (Phi) is 9.19. The first kappa shape index (κ1) is 25.5. The number of rotatable bonds is 10. The molecule has 0 aliphatic rings. The highest BCUT2D eigenvalue weighted by Gasteiger charge is 2.08. The van der Waals surface area contributed by atoms with E-state index in [9.17, 15) is 4.79 Å². The van der Waals surface area contributed by atoms with Crippen molar-refractivity contribution in [2.75, 3.05) is 18.4 Å². The maximum absolute atomic E-state index is 12.0. The summed E-state index contributed by atoms with van der Waals surface area (Å²) in [6.45, 7) is 1.46. The standard InChI is InChI=1S/C28H29ClN4O2S/c29-23-12-13-25(33-27(36)30-16-14-22-18-32-26-11-5-4-10-24(22)26)21(17-23)9-6-15-31-28(34)35-19-20-7-2-1-3-8-20/h1-5,7-8,10-13,17-18,32H,6,9,14-16,19H2,(H,31,34)(H2,30,33,36). The van der Waals surface area contributed by atoms with Crippen LogP contribution in [0.15, 0.2) is 79.0 Å². The molecule has 0 bridgehead atoms. The normalized spacial score (nSPS) is 10.7. The van der Waals surface area contributed by atoms with Gasteiger partial charge in [0.15, 0.2) is 5.11 Å². The lowest BCUT2D eigenvalue weighted by atomic mass is 10.1. The van der Waals surface area contributed by atoms with Gasteiger partial charge in [0.1, 0.15) is 6.61 Å². The molecule has 0 fully saturated rings. The molecule has 0 saturated carbocycles. The SMILES string of the molecule is O=C(NCCCc1cc(Cl)ccc1NC(=S)NCCc1c[nH]c2ccccc12)OCc1ccccc1. The highest BCUT2D eigenvalue weighted by atomic mass is 35.5. The number of thiocarbonyl (C=S) groups is 1. The van der Waals surface area contributed by atoms with Gasteiger partial charge in [-0.25, -0.2) is 4.79 Å². The van der Waals surface area contributed by atoms with Crippen molar-refractivity contribution >= 4 is 51.6 Å². The van der Waals surface area contributed by atoms with Gasteiger partial charge in [-0.15, -0.1) is 0 Å². The number of halogens is 1. The molecule has 0 spiro atoms. The van der Waals surface area contributed by atoms with Crippen LogP contribution in [0, 0.1) is 0 Å². The van der Waals surface area contributed by atoms with Crippen LogP contribution in [0.4, 0.5) is 10.5 Å². The Hall–Kier alpha value is -3.55. The van der Waals surface area contributed by atoms with Crippen molar-refractivity contribution in [3.05, 3.63) is 101 Å². The number of fused-ring (bicyclic) bond motifs is 1. The highest BCUT2D eigenvalue weighted by molar-refractivity contribution is 7.80. The van der Waals surface area contributed by atoms with Gasteiger partial charge in [0, 0.05) is 40.9 Å². The van der Waals surface area contributed by atoms with Crippen molar-refractivity contribution in [1.82, 2.24) is 15.6 Å². The molecule has 1 aromatic heterocycles. The van der Waals surface area contributed by atoms with Gasteiger partial charge in [-0.05, 0) is 72.4 Å². The number of benzene rings is 3. The average Bonchev–Trinajstić information content (AvgIpc) is 3.30. The van der Waals surface area contributed by atoms with Gasteiger partial charge >= 0.3 is 6.09 Å². The lowest BCUT2D eigenvalue weighted by molar-refractivity contribution is 0.139. The van der Waals surface area contributed by atoms with Crippen molar-refractivity contribution in [1.29, 1.82) is 0 Å². The summed E-state index contributed by atoms with van der Waals surface area (Å²) in [5, 5.41) is 11.8. The number of aromatic nitrogens is 1. The third-order valence-electron chi connectivity index (χ3n) is 5.78. The summed E-state index contributed by atoms with van der Waals surface area (Å²) in [6.07, 6.45) is 3.93. The number of anilines is 1. The molecular weight excluding hydrogens is 492 g/mol. The quantitative estimate of drug-likeness (QED) is 0.148. The second-order valence-corrected chi connectivity index (χ2v) is 9.23. The molecule has 0 unspecified atom stereocenters. The molecule has 3 aromatic carbocycles. The van der Waals surface area contributed by atoms with Crippen LogP contribution >= 0.6 is 23.8 Å². The first-order valence-corrected chi connectivity index (χ1v) is 12.7. The number of nitrogens with one attached hydrogen (secondary N) is 4. The molecule has 0 atom stereocenters. The zero-order valence-electron chi connectivity index (χ0n) is 19.9. The summed E-state index contributed by atoms with van der Waals surface area (Å²) in [5.41, 5.74) is 5.27. The number of para-hydroxylation sites is 1. The Morgan fingerprint density at radius 3 is 2.58 bits per heavy atom. The molecule has 6 nitrogen and oxygen atoms in total. The summed E-state index contributed by atoms with van der Waals surface area (Å²) in [5.74, 6) is 0. The molecule has 4 N–H and O–H groups in total. The number of hydrogen-bond acceptors (Lipinski definition) is 3. The third-order valence-corrected chi connectivity index (χ3v) is 6.26. The summed E-state index contributed by atoms with van der Waals surface area (Å²) in [4.78, 5) is 15.3. The fourth-order valence-corrected chi connectivity index (χ4v) is 4.36. The van der Waals surface area contributed by atoms with Crippen LogP contribution < -0.4 is 16.0 Å². The Labute approximate surface area is 221 Å². The second kappa shape index (κ2) is 13.0. The highest BCUT2D eigenvalue weighted by Crippen LogP contribution is 2.22. The third kappa shape index (κ3) is 7.47. The molecule has 0 radical (unpaired) electrons. The minimum Gasteiger partial charge on any atom is -0.445 e. The molecule has 0 aliphatic carbocycles. The molecule has 1 amide bonds. The number of alkyl carbamates (subject to hydrolysis) is 1. The van der Waals surface area contributed by atoms with Crippen molar-refractivity contribution in [2.24, 2.45) is 0 Å². The predicted molar refractivity (Wildman–Crippen MR) is 151 cm³/mol. The fraction of sp³-hybridized carbons (Fsp3) is 0.214. The van der Waals surface area contributed by atoms with E-state index in [1.807, 2.05) is 66.9 Å². The van der Waals surface area contributed by atoms with Crippen LogP contribution in [0.1, 0.15) is 23.1 Å². The molecular formula is C28H29ClN4O2S. The Bertz CT molecular complexity index is 1310. The monoisotopic (exact) mass is 520 g/mol. The minimum absolute atomic E-state index is 0.250. The molecule has 8 heteroatoms. The predicted octanol–water partition coefficient (Wildman–Crippen LogP) is 6.21. The molecule has 4 aromatic rings. The van der Waals surface area contributed by atoms with E-state index in [2.05, 4.69) is 33.1 Å². The maximum atomic E-state index is 12.0. The largest absolute Gasteiger partial charge is 0.445 e. The van der Waals surface area contributed by atoms with E-state index in [1.165, 1.54) is 10.9 Å². The average molecular weight is 521 g/mol. The fourth-order valence-electron chi connectivity index (χ4n) is 3.95. The summed E-state index contributed by atoms with van der Waals surface area (Å²) >= 11 is 11.8. The van der Waals surface area contributed by atoms with E-state index >= 15 is 0 Å². The van der Waals surface area contributed by atoms with Gasteiger partial charge in [-0.2, -0.15) is 0 Å². The van der Waals surface area contributed by atoms with Crippen LogP contribution in [-0.2, 0) is 24.2 Å². The van der Waals surface area contributed by atoms with E-state index in [4.69, 9.17) is 28.6 Å². The summed E-state index contributed by atoms with van der Waals surface area (Å²) < 4.78 is 5.25. The maximum Gasteiger partial charge on any atom is 0.407 e. The van der Waals surface area contributed by atoms with Crippen molar-refractivity contribution in [2.45, 2.75) is 25.9 Å².